The number of ether oxygens (including phenoxy) is 1. The molecule has 1 saturated heterocycles. The van der Waals surface area contributed by atoms with Crippen molar-refractivity contribution in [2.45, 2.75) is 37.1 Å². The third-order valence-electron chi connectivity index (χ3n) is 4.20. The Morgan fingerprint density at radius 2 is 1.92 bits per heavy atom. The van der Waals surface area contributed by atoms with E-state index in [0.717, 1.165) is 25.8 Å². The van der Waals surface area contributed by atoms with Gasteiger partial charge in [0, 0.05) is 5.56 Å². The molecule has 1 aliphatic rings. The molecular weight excluding hydrogens is 328 g/mol. The van der Waals surface area contributed by atoms with Gasteiger partial charge in [-0.05, 0) is 52.5 Å². The first-order chi connectivity index (χ1) is 11.3. The maximum absolute atomic E-state index is 12.8. The molecule has 0 spiro atoms. The normalized spacial score (nSPS) is 19.1. The zero-order chi connectivity index (χ0) is 17.7. The van der Waals surface area contributed by atoms with Crippen LogP contribution in [0.3, 0.4) is 0 Å². The molecule has 1 aromatic carbocycles. The molecule has 0 aromatic heterocycles. The molecule has 134 valence electrons. The number of carbonyl (C=O) groups is 1. The fourth-order valence-electron chi connectivity index (χ4n) is 2.77. The largest absolute Gasteiger partial charge is 0.363 e. The van der Waals surface area contributed by atoms with Crippen molar-refractivity contribution in [2.24, 2.45) is 0 Å². The van der Waals surface area contributed by atoms with Gasteiger partial charge in [0.25, 0.3) is 0 Å². The van der Waals surface area contributed by atoms with Crippen LogP contribution in [0.1, 0.15) is 36.5 Å². The van der Waals surface area contributed by atoms with Crippen molar-refractivity contribution in [3.63, 3.8) is 0 Å². The van der Waals surface area contributed by atoms with Gasteiger partial charge in [0.2, 0.25) is 10.0 Å². The zero-order valence-corrected chi connectivity index (χ0v) is 15.4. The van der Waals surface area contributed by atoms with Crippen molar-refractivity contribution >= 4 is 15.8 Å². The number of hydrogen-bond donors (Lipinski definition) is 0. The van der Waals surface area contributed by atoms with Crippen LogP contribution >= 0.6 is 0 Å². The molecule has 1 aliphatic heterocycles. The molecule has 1 unspecified atom stereocenters. The summed E-state index contributed by atoms with van der Waals surface area (Å²) in [5.74, 6) is -0.0813. The molecule has 0 N–H and O–H groups in total. The van der Waals surface area contributed by atoms with E-state index in [2.05, 4.69) is 4.90 Å². The van der Waals surface area contributed by atoms with Gasteiger partial charge < -0.3 is 9.64 Å². The van der Waals surface area contributed by atoms with Gasteiger partial charge in [0.15, 0.2) is 5.78 Å². The first-order valence-corrected chi connectivity index (χ1v) is 9.61. The van der Waals surface area contributed by atoms with Crippen LogP contribution in [0.25, 0.3) is 0 Å². The average Bonchev–Trinajstić information content (AvgIpc) is 3.00. The van der Waals surface area contributed by atoms with Crippen molar-refractivity contribution in [2.75, 3.05) is 34.0 Å². The highest BCUT2D eigenvalue weighted by Crippen LogP contribution is 2.25. The summed E-state index contributed by atoms with van der Waals surface area (Å²) in [5.41, 5.74) is 0.506. The lowest BCUT2D eigenvalue weighted by Crippen LogP contribution is -2.36. The SMILES string of the molecule is CC(=O)c1ccc(S(=O)(=O)N2COCC2CCCCN(C)C)cc1. The van der Waals surface area contributed by atoms with E-state index < -0.39 is 10.0 Å². The number of hydrogen-bond acceptors (Lipinski definition) is 5. The Bertz CT molecular complexity index is 656. The smallest absolute Gasteiger partial charge is 0.245 e. The van der Waals surface area contributed by atoms with E-state index in [9.17, 15) is 13.2 Å². The summed E-state index contributed by atoms with van der Waals surface area (Å²) in [6, 6.07) is 5.97. The molecule has 24 heavy (non-hydrogen) atoms. The van der Waals surface area contributed by atoms with Crippen molar-refractivity contribution in [3.05, 3.63) is 29.8 Å². The Morgan fingerprint density at radius 1 is 1.25 bits per heavy atom. The molecule has 0 amide bonds. The predicted octanol–water partition coefficient (Wildman–Crippen LogP) is 1.97. The Labute approximate surface area is 144 Å². The third-order valence-corrected chi connectivity index (χ3v) is 6.09. The second kappa shape index (κ2) is 8.20. The fourth-order valence-corrected chi connectivity index (χ4v) is 4.29. The summed E-state index contributed by atoms with van der Waals surface area (Å²) >= 11 is 0. The van der Waals surface area contributed by atoms with Gasteiger partial charge in [-0.1, -0.05) is 18.6 Å². The average molecular weight is 354 g/mol. The molecular formula is C17H26N2O4S. The molecule has 6 nitrogen and oxygen atoms in total. The highest BCUT2D eigenvalue weighted by atomic mass is 32.2. The van der Waals surface area contributed by atoms with Gasteiger partial charge in [0.05, 0.1) is 17.5 Å². The van der Waals surface area contributed by atoms with Gasteiger partial charge in [0.1, 0.15) is 6.73 Å². The minimum absolute atomic E-state index is 0.0813. The number of nitrogens with zero attached hydrogens (tertiary/aromatic N) is 2. The van der Waals surface area contributed by atoms with Crippen LogP contribution in [0.4, 0.5) is 0 Å². The Morgan fingerprint density at radius 3 is 2.50 bits per heavy atom. The van der Waals surface area contributed by atoms with Crippen LogP contribution in [0, 0.1) is 0 Å². The van der Waals surface area contributed by atoms with Crippen molar-refractivity contribution < 1.29 is 17.9 Å². The van der Waals surface area contributed by atoms with Crippen LogP contribution in [0.15, 0.2) is 29.2 Å². The van der Waals surface area contributed by atoms with Crippen molar-refractivity contribution in [1.29, 1.82) is 0 Å². The van der Waals surface area contributed by atoms with Gasteiger partial charge in [-0.3, -0.25) is 4.79 Å². The Balaban J connectivity index is 2.05. The van der Waals surface area contributed by atoms with E-state index in [4.69, 9.17) is 4.74 Å². The van der Waals surface area contributed by atoms with E-state index in [1.54, 1.807) is 12.1 Å². The lowest BCUT2D eigenvalue weighted by Gasteiger charge is -2.22. The number of ketones is 1. The number of rotatable bonds is 8. The molecule has 1 aromatic rings. The zero-order valence-electron chi connectivity index (χ0n) is 14.6. The van der Waals surface area contributed by atoms with Gasteiger partial charge in [-0.2, -0.15) is 4.31 Å². The monoisotopic (exact) mass is 354 g/mol. The van der Waals surface area contributed by atoms with E-state index in [0.29, 0.717) is 12.2 Å². The van der Waals surface area contributed by atoms with E-state index in [1.807, 2.05) is 14.1 Å². The fraction of sp³-hybridized carbons (Fsp3) is 0.588. The lowest BCUT2D eigenvalue weighted by molar-refractivity contribution is 0.101. The minimum atomic E-state index is -3.60. The van der Waals surface area contributed by atoms with Gasteiger partial charge in [-0.15, -0.1) is 0 Å². The number of sulfonamides is 1. The van der Waals surface area contributed by atoms with E-state index in [-0.39, 0.29) is 23.5 Å². The molecule has 0 bridgehead atoms. The highest BCUT2D eigenvalue weighted by Gasteiger charge is 2.35. The molecule has 2 rings (SSSR count). The summed E-state index contributed by atoms with van der Waals surface area (Å²) in [6.07, 6.45) is 2.78. The van der Waals surface area contributed by atoms with Crippen molar-refractivity contribution in [1.82, 2.24) is 9.21 Å². The quantitative estimate of drug-likeness (QED) is 0.527. The second-order valence-electron chi connectivity index (χ2n) is 6.43. The van der Waals surface area contributed by atoms with E-state index >= 15 is 0 Å². The lowest BCUT2D eigenvalue weighted by atomic mass is 10.1. The summed E-state index contributed by atoms with van der Waals surface area (Å²) in [7, 11) is 0.459. The second-order valence-corrected chi connectivity index (χ2v) is 8.32. The number of unbranched alkanes of at least 4 members (excludes halogenated alkanes) is 1. The van der Waals surface area contributed by atoms with Crippen LogP contribution in [-0.4, -0.2) is 63.4 Å². The maximum Gasteiger partial charge on any atom is 0.245 e. The first kappa shape index (κ1) is 19.1. The summed E-state index contributed by atoms with van der Waals surface area (Å²) in [4.78, 5) is 13.7. The summed E-state index contributed by atoms with van der Waals surface area (Å²) in [6.45, 7) is 2.98. The topological polar surface area (TPSA) is 66.9 Å². The molecule has 1 fully saturated rings. The molecule has 1 heterocycles. The Hall–Kier alpha value is -1.28. The molecule has 7 heteroatoms. The third kappa shape index (κ3) is 4.63. The molecule has 0 radical (unpaired) electrons. The summed E-state index contributed by atoms with van der Waals surface area (Å²) < 4.78 is 32.5. The molecule has 1 atom stereocenters. The predicted molar refractivity (Wildman–Crippen MR) is 92.5 cm³/mol. The maximum atomic E-state index is 12.8. The van der Waals surface area contributed by atoms with Crippen molar-refractivity contribution in [3.8, 4) is 0 Å². The van der Waals surface area contributed by atoms with E-state index in [1.165, 1.54) is 23.4 Å². The first-order valence-electron chi connectivity index (χ1n) is 8.17. The molecule has 0 saturated carbocycles. The van der Waals surface area contributed by atoms with Crippen LogP contribution in [0.5, 0.6) is 0 Å². The standard InChI is InChI=1S/C17H26N2O4S/c1-14(20)15-7-9-17(10-8-15)24(21,22)19-13-23-12-16(19)6-4-5-11-18(2)3/h7-10,16H,4-6,11-13H2,1-3H3. The highest BCUT2D eigenvalue weighted by molar-refractivity contribution is 7.89. The van der Waals surface area contributed by atoms with Crippen LogP contribution < -0.4 is 0 Å². The Kier molecular flexibility index (Phi) is 6.51. The number of benzene rings is 1. The summed E-state index contributed by atoms with van der Waals surface area (Å²) in [5, 5.41) is 0. The molecule has 0 aliphatic carbocycles. The van der Waals surface area contributed by atoms with Gasteiger partial charge in [-0.25, -0.2) is 8.42 Å². The number of Topliss-reactive ketones (excluding diaryl/α,β-unsaturated/α-hetero) is 1. The number of carbonyl (C=O) groups excluding carboxylic acids is 1. The minimum Gasteiger partial charge on any atom is -0.363 e. The van der Waals surface area contributed by atoms with Crippen LogP contribution in [-0.2, 0) is 14.8 Å². The van der Waals surface area contributed by atoms with Gasteiger partial charge >= 0.3 is 0 Å². The van der Waals surface area contributed by atoms with Crippen LogP contribution in [0.2, 0.25) is 0 Å².